The first-order valence-electron chi connectivity index (χ1n) is 11.4. The Morgan fingerprint density at radius 3 is 2.44 bits per heavy atom. The van der Waals surface area contributed by atoms with Crippen molar-refractivity contribution in [2.75, 3.05) is 24.2 Å². The van der Waals surface area contributed by atoms with Gasteiger partial charge >= 0.3 is 12.1 Å². The van der Waals surface area contributed by atoms with Crippen LogP contribution in [0.5, 0.6) is 0 Å². The third kappa shape index (κ3) is 5.84. The van der Waals surface area contributed by atoms with Gasteiger partial charge in [-0.05, 0) is 50.3 Å². The second-order valence-electron chi connectivity index (χ2n) is 8.44. The highest BCUT2D eigenvalue weighted by Crippen LogP contribution is 2.32. The zero-order chi connectivity index (χ0) is 25.9. The van der Waals surface area contributed by atoms with Gasteiger partial charge in [-0.25, -0.2) is 4.39 Å². The molecule has 1 atom stereocenters. The molecule has 0 bridgehead atoms. The van der Waals surface area contributed by atoms with Gasteiger partial charge in [0, 0.05) is 35.8 Å². The van der Waals surface area contributed by atoms with E-state index in [4.69, 9.17) is 0 Å². The predicted molar refractivity (Wildman–Crippen MR) is 132 cm³/mol. The summed E-state index contributed by atoms with van der Waals surface area (Å²) in [7, 11) is 0.0596. The second kappa shape index (κ2) is 10.9. The van der Waals surface area contributed by atoms with Crippen molar-refractivity contribution in [1.29, 1.82) is 0 Å². The van der Waals surface area contributed by atoms with Gasteiger partial charge in [-0.2, -0.15) is 13.2 Å². The normalized spacial score (nSPS) is 16.3. The van der Waals surface area contributed by atoms with E-state index in [9.17, 15) is 18.0 Å². The number of piperidine rings is 1. The van der Waals surface area contributed by atoms with Crippen LogP contribution in [-0.4, -0.2) is 45.1 Å². The number of carbonyl (C=O) groups is 1. The Hall–Kier alpha value is -3.05. The molecule has 2 heterocycles. The summed E-state index contributed by atoms with van der Waals surface area (Å²) in [5.41, 5.74) is 0.892. The smallest absolute Gasteiger partial charge is 0.413 e. The Bertz CT molecular complexity index is 1240. The van der Waals surface area contributed by atoms with Gasteiger partial charge < -0.3 is 9.32 Å². The van der Waals surface area contributed by atoms with Crippen LogP contribution in [-0.2, 0) is 17.5 Å². The molecule has 1 aromatic heterocycles. The van der Waals surface area contributed by atoms with Crippen molar-refractivity contribution >= 4 is 27.6 Å². The summed E-state index contributed by atoms with van der Waals surface area (Å²) in [5.74, 6) is -2.88. The fourth-order valence-electron chi connectivity index (χ4n) is 4.10. The number of benzene rings is 2. The SMILES string of the molecule is C/C=S(\C)N1CCC(C(=O)N(Cc2ccc(-c3nnc(C(F)(F)F)o3)cc2F)c2ccccc2)CC1. The number of hydrogen-bond donors (Lipinski definition) is 0. The minimum atomic E-state index is -4.79. The molecule has 0 N–H and O–H groups in total. The Morgan fingerprint density at radius 2 is 1.86 bits per heavy atom. The fraction of sp³-hybridized carbons (Fsp3) is 0.360. The van der Waals surface area contributed by atoms with Crippen molar-refractivity contribution in [3.63, 3.8) is 0 Å². The molecule has 0 aliphatic carbocycles. The standard InChI is InChI=1S/C25H26F4N4O2S/c1-3-36(2)32-13-11-17(12-14-32)23(34)33(20-7-5-4-6-8-20)16-19-10-9-18(15-21(19)26)22-30-31-24(35-22)25(27,28)29/h3-10,15,17H,11-14,16H2,1-2H3. The monoisotopic (exact) mass is 522 g/mol. The molecule has 2 aromatic carbocycles. The van der Waals surface area contributed by atoms with Gasteiger partial charge in [-0.15, -0.1) is 20.9 Å². The van der Waals surface area contributed by atoms with E-state index < -0.39 is 23.8 Å². The van der Waals surface area contributed by atoms with Gasteiger partial charge in [0.15, 0.2) is 0 Å². The Morgan fingerprint density at radius 1 is 1.17 bits per heavy atom. The summed E-state index contributed by atoms with van der Waals surface area (Å²) >= 11 is 0. The van der Waals surface area contributed by atoms with E-state index in [2.05, 4.69) is 30.5 Å². The van der Waals surface area contributed by atoms with E-state index in [0.717, 1.165) is 19.2 Å². The van der Waals surface area contributed by atoms with Crippen LogP contribution in [0.4, 0.5) is 23.2 Å². The summed E-state index contributed by atoms with van der Waals surface area (Å²) in [6.45, 7) is 3.64. The molecule has 1 aliphatic heterocycles. The number of anilines is 1. The van der Waals surface area contributed by atoms with Gasteiger partial charge in [0.2, 0.25) is 11.8 Å². The summed E-state index contributed by atoms with van der Waals surface area (Å²) in [6.07, 6.45) is -1.20. The molecule has 1 fully saturated rings. The molecule has 3 aromatic rings. The van der Waals surface area contributed by atoms with Crippen LogP contribution in [0.3, 0.4) is 0 Å². The predicted octanol–water partition coefficient (Wildman–Crippen LogP) is 5.78. The number of rotatable bonds is 6. The lowest BCUT2D eigenvalue weighted by molar-refractivity contribution is -0.157. The Balaban J connectivity index is 1.55. The van der Waals surface area contributed by atoms with Crippen LogP contribution in [0.25, 0.3) is 11.5 Å². The fourth-order valence-corrected chi connectivity index (χ4v) is 5.18. The van der Waals surface area contributed by atoms with E-state index in [-0.39, 0.29) is 40.2 Å². The highest BCUT2D eigenvalue weighted by Gasteiger charge is 2.38. The summed E-state index contributed by atoms with van der Waals surface area (Å²) in [5, 5.41) is 8.51. The van der Waals surface area contributed by atoms with Crippen LogP contribution in [0.15, 0.2) is 52.9 Å². The molecule has 4 rings (SSSR count). The average molecular weight is 523 g/mol. The molecular weight excluding hydrogens is 496 g/mol. The number of para-hydroxylation sites is 1. The molecular formula is C25H26F4N4O2S. The van der Waals surface area contributed by atoms with Crippen molar-refractivity contribution in [2.24, 2.45) is 5.92 Å². The largest absolute Gasteiger partial charge is 0.470 e. The Kier molecular flexibility index (Phi) is 7.89. The van der Waals surface area contributed by atoms with Crippen molar-refractivity contribution in [3.05, 3.63) is 65.8 Å². The van der Waals surface area contributed by atoms with E-state index >= 15 is 4.39 Å². The third-order valence-corrected chi connectivity index (χ3v) is 8.04. The van der Waals surface area contributed by atoms with Gasteiger partial charge in [0.1, 0.15) is 5.82 Å². The summed E-state index contributed by atoms with van der Waals surface area (Å²) in [4.78, 5) is 15.2. The van der Waals surface area contributed by atoms with E-state index in [1.165, 1.54) is 12.1 Å². The van der Waals surface area contributed by atoms with Crippen LogP contribution in [0, 0.1) is 11.7 Å². The molecule has 192 valence electrons. The minimum Gasteiger partial charge on any atom is -0.413 e. The van der Waals surface area contributed by atoms with Crippen molar-refractivity contribution in [3.8, 4) is 11.5 Å². The zero-order valence-corrected chi connectivity index (χ0v) is 20.7. The van der Waals surface area contributed by atoms with E-state index in [1.807, 2.05) is 25.1 Å². The van der Waals surface area contributed by atoms with E-state index in [1.54, 1.807) is 17.0 Å². The lowest BCUT2D eigenvalue weighted by Crippen LogP contribution is -2.41. The molecule has 1 saturated heterocycles. The topological polar surface area (TPSA) is 62.5 Å². The van der Waals surface area contributed by atoms with Gasteiger partial charge in [-0.1, -0.05) is 29.6 Å². The number of nitrogens with zero attached hydrogens (tertiary/aromatic N) is 4. The highest BCUT2D eigenvalue weighted by atomic mass is 32.2. The number of halogens is 4. The number of amides is 1. The van der Waals surface area contributed by atoms with Crippen molar-refractivity contribution in [2.45, 2.75) is 32.5 Å². The first-order valence-corrected chi connectivity index (χ1v) is 13.1. The van der Waals surface area contributed by atoms with Gasteiger partial charge in [0.25, 0.3) is 0 Å². The van der Waals surface area contributed by atoms with Crippen LogP contribution in [0.2, 0.25) is 0 Å². The summed E-state index contributed by atoms with van der Waals surface area (Å²) in [6, 6.07) is 12.9. The lowest BCUT2D eigenvalue weighted by atomic mass is 9.96. The third-order valence-electron chi connectivity index (χ3n) is 6.18. The maximum Gasteiger partial charge on any atom is 0.470 e. The molecule has 0 saturated carbocycles. The zero-order valence-electron chi connectivity index (χ0n) is 19.8. The molecule has 1 aliphatic rings. The average Bonchev–Trinajstić information content (AvgIpc) is 3.39. The maximum atomic E-state index is 15.1. The summed E-state index contributed by atoms with van der Waals surface area (Å²) < 4.78 is 60.4. The first kappa shape index (κ1) is 26.0. The molecule has 6 nitrogen and oxygen atoms in total. The van der Waals surface area contributed by atoms with Crippen LogP contribution < -0.4 is 4.90 Å². The van der Waals surface area contributed by atoms with E-state index in [0.29, 0.717) is 18.5 Å². The number of hydrogen-bond acceptors (Lipinski definition) is 5. The lowest BCUT2D eigenvalue weighted by Gasteiger charge is -2.35. The molecule has 1 unspecified atom stereocenters. The van der Waals surface area contributed by atoms with Gasteiger partial charge in [-0.3, -0.25) is 9.10 Å². The molecule has 1 amide bonds. The molecule has 0 spiro atoms. The number of carbonyl (C=O) groups excluding carboxylic acids is 1. The second-order valence-corrected chi connectivity index (χ2v) is 10.5. The molecule has 0 radical (unpaired) electrons. The van der Waals surface area contributed by atoms with Crippen LogP contribution in [0.1, 0.15) is 31.2 Å². The van der Waals surface area contributed by atoms with Gasteiger partial charge in [0.05, 0.1) is 6.54 Å². The maximum absolute atomic E-state index is 15.1. The minimum absolute atomic E-state index is 0.0201. The molecule has 11 heteroatoms. The quantitative estimate of drug-likeness (QED) is 0.304. The van der Waals surface area contributed by atoms with Crippen molar-refractivity contribution < 1.29 is 26.8 Å². The van der Waals surface area contributed by atoms with Crippen molar-refractivity contribution in [1.82, 2.24) is 14.5 Å². The first-order chi connectivity index (χ1) is 17.2. The number of alkyl halides is 3. The number of aromatic nitrogens is 2. The van der Waals surface area contributed by atoms with Crippen LogP contribution >= 0.6 is 10.7 Å². The Labute approximate surface area is 209 Å². The molecule has 36 heavy (non-hydrogen) atoms. The highest BCUT2D eigenvalue weighted by molar-refractivity contribution is 8.12.